The van der Waals surface area contributed by atoms with Gasteiger partial charge in [0.2, 0.25) is 11.6 Å². The quantitative estimate of drug-likeness (QED) is 0.428. The first kappa shape index (κ1) is 24.8. The van der Waals surface area contributed by atoms with Crippen molar-refractivity contribution in [3.05, 3.63) is 59.2 Å². The van der Waals surface area contributed by atoms with Crippen LogP contribution in [0.1, 0.15) is 30.9 Å². The van der Waals surface area contributed by atoms with Gasteiger partial charge in [-0.15, -0.1) is 0 Å². The first-order valence-corrected chi connectivity index (χ1v) is 10.0. The second-order valence-electron chi connectivity index (χ2n) is 7.88. The number of carbonyl (C=O) groups excluding carboxylic acids is 1. The van der Waals surface area contributed by atoms with Crippen LogP contribution in [-0.2, 0) is 20.9 Å². The second kappa shape index (κ2) is 9.17. The van der Waals surface area contributed by atoms with Crippen LogP contribution < -0.4 is 9.47 Å². The van der Waals surface area contributed by atoms with Gasteiger partial charge in [-0.05, 0) is 18.6 Å². The van der Waals surface area contributed by atoms with Gasteiger partial charge in [0.1, 0.15) is 6.61 Å². The van der Waals surface area contributed by atoms with Crippen molar-refractivity contribution in [2.75, 3.05) is 14.2 Å². The maximum Gasteiger partial charge on any atom is 0.417 e. The monoisotopic (exact) mass is 474 g/mol. The van der Waals surface area contributed by atoms with Crippen LogP contribution in [0, 0.1) is 17.6 Å². The molecular formula is C23H23F5O5. The van der Waals surface area contributed by atoms with E-state index < -0.39 is 58.8 Å². The molecule has 0 aliphatic carbocycles. The fraction of sp³-hybridized carbons (Fsp3) is 0.435. The minimum Gasteiger partial charge on any atom is -0.493 e. The zero-order chi connectivity index (χ0) is 24.6. The highest BCUT2D eigenvalue weighted by Crippen LogP contribution is 2.55. The molecule has 4 atom stereocenters. The molecule has 0 saturated carbocycles. The summed E-state index contributed by atoms with van der Waals surface area (Å²) < 4.78 is 91.4. The van der Waals surface area contributed by atoms with E-state index in [0.717, 1.165) is 27.2 Å². The molecule has 1 aliphatic rings. The lowest BCUT2D eigenvalue weighted by Gasteiger charge is -2.32. The summed E-state index contributed by atoms with van der Waals surface area (Å²) in [7, 11) is 2.04. The Labute approximate surface area is 187 Å². The molecular weight excluding hydrogens is 451 g/mol. The fourth-order valence-corrected chi connectivity index (χ4v) is 4.02. The number of carbonyl (C=O) groups is 1. The highest BCUT2D eigenvalue weighted by molar-refractivity contribution is 5.77. The average Bonchev–Trinajstić information content (AvgIpc) is 3.06. The van der Waals surface area contributed by atoms with E-state index in [2.05, 4.69) is 4.74 Å². The molecule has 0 N–H and O–H groups in total. The van der Waals surface area contributed by atoms with Crippen molar-refractivity contribution in [2.45, 2.75) is 44.3 Å². The molecule has 3 rings (SSSR count). The summed E-state index contributed by atoms with van der Waals surface area (Å²) in [6, 6.07) is 9.67. The summed E-state index contributed by atoms with van der Waals surface area (Å²) in [4.78, 5) is 12.4. The largest absolute Gasteiger partial charge is 0.493 e. The SMILES string of the molecule is COC(=O)[C@H]1O[C@@](C)(C(F)(F)F)[C@@H](C)[C@H]1c1cc(OCc2ccccc2)c(F)c(F)c1OC. The Balaban J connectivity index is 2.11. The van der Waals surface area contributed by atoms with Gasteiger partial charge in [-0.2, -0.15) is 22.0 Å². The van der Waals surface area contributed by atoms with Crippen molar-refractivity contribution >= 4 is 5.97 Å². The minimum atomic E-state index is -4.86. The number of hydrogen-bond donors (Lipinski definition) is 0. The Kier molecular flexibility index (Phi) is 6.88. The van der Waals surface area contributed by atoms with Crippen LogP contribution in [0.5, 0.6) is 11.5 Å². The standard InChI is InChI=1S/C23H23F5O5/c1-12-16(20(21(29)31-4)33-22(12,2)23(26,27)28)14-10-15(17(24)18(25)19(14)30-3)32-11-13-8-6-5-7-9-13/h5-10,12,16,20H,11H2,1-4H3/t12-,16-,20-,22+/m0/s1. The Morgan fingerprint density at radius 1 is 1.12 bits per heavy atom. The zero-order valence-electron chi connectivity index (χ0n) is 18.3. The van der Waals surface area contributed by atoms with Crippen molar-refractivity contribution < 1.29 is 45.7 Å². The molecule has 0 spiro atoms. The van der Waals surface area contributed by atoms with Crippen molar-refractivity contribution in [3.63, 3.8) is 0 Å². The number of methoxy groups -OCH3 is 2. The summed E-state index contributed by atoms with van der Waals surface area (Å²) in [5.74, 6) is -7.83. The Morgan fingerprint density at radius 3 is 2.30 bits per heavy atom. The van der Waals surface area contributed by atoms with Gasteiger partial charge in [-0.1, -0.05) is 37.3 Å². The Morgan fingerprint density at radius 2 is 1.76 bits per heavy atom. The highest BCUT2D eigenvalue weighted by atomic mass is 19.4. The van der Waals surface area contributed by atoms with E-state index in [1.807, 2.05) is 0 Å². The van der Waals surface area contributed by atoms with E-state index in [-0.39, 0.29) is 12.2 Å². The lowest BCUT2D eigenvalue weighted by atomic mass is 9.77. The van der Waals surface area contributed by atoms with Gasteiger partial charge >= 0.3 is 12.1 Å². The van der Waals surface area contributed by atoms with Crippen LogP contribution in [0.4, 0.5) is 22.0 Å². The van der Waals surface area contributed by atoms with Crippen LogP contribution in [0.25, 0.3) is 0 Å². The van der Waals surface area contributed by atoms with Crippen LogP contribution in [0.3, 0.4) is 0 Å². The fourth-order valence-electron chi connectivity index (χ4n) is 4.02. The normalized spacial score (nSPS) is 25.1. The maximum atomic E-state index is 14.9. The van der Waals surface area contributed by atoms with Crippen LogP contribution in [-0.4, -0.2) is 38.1 Å². The molecule has 0 aromatic heterocycles. The van der Waals surface area contributed by atoms with E-state index in [1.165, 1.54) is 6.92 Å². The molecule has 2 aromatic rings. The van der Waals surface area contributed by atoms with E-state index in [9.17, 15) is 26.7 Å². The molecule has 0 radical (unpaired) electrons. The number of benzene rings is 2. The van der Waals surface area contributed by atoms with Gasteiger partial charge in [0, 0.05) is 17.4 Å². The first-order chi connectivity index (χ1) is 15.5. The third-order valence-corrected chi connectivity index (χ3v) is 6.06. The molecule has 180 valence electrons. The number of ether oxygens (including phenoxy) is 4. The first-order valence-electron chi connectivity index (χ1n) is 10.0. The molecule has 0 bridgehead atoms. The Bertz CT molecular complexity index is 1010. The van der Waals surface area contributed by atoms with E-state index in [4.69, 9.17) is 14.2 Å². The molecule has 33 heavy (non-hydrogen) atoms. The van der Waals surface area contributed by atoms with Crippen molar-refractivity contribution in [1.29, 1.82) is 0 Å². The van der Waals surface area contributed by atoms with Crippen molar-refractivity contribution in [1.82, 2.24) is 0 Å². The number of alkyl halides is 3. The highest BCUT2D eigenvalue weighted by Gasteiger charge is 2.66. The zero-order valence-corrected chi connectivity index (χ0v) is 18.3. The van der Waals surface area contributed by atoms with Gasteiger partial charge in [0.15, 0.2) is 23.2 Å². The third kappa shape index (κ3) is 4.36. The van der Waals surface area contributed by atoms with Gasteiger partial charge < -0.3 is 18.9 Å². The average molecular weight is 474 g/mol. The summed E-state index contributed by atoms with van der Waals surface area (Å²) in [6.45, 7) is 1.89. The molecule has 1 heterocycles. The lowest BCUT2D eigenvalue weighted by Crippen LogP contribution is -2.47. The van der Waals surface area contributed by atoms with E-state index in [0.29, 0.717) is 5.56 Å². The number of rotatable bonds is 6. The number of hydrogen-bond acceptors (Lipinski definition) is 5. The molecule has 0 amide bonds. The third-order valence-electron chi connectivity index (χ3n) is 6.06. The van der Waals surface area contributed by atoms with Gasteiger partial charge in [0.25, 0.3) is 0 Å². The van der Waals surface area contributed by atoms with E-state index in [1.54, 1.807) is 30.3 Å². The van der Waals surface area contributed by atoms with Gasteiger partial charge in [-0.3, -0.25) is 0 Å². The predicted octanol–water partition coefficient (Wildman–Crippen LogP) is 5.16. The predicted molar refractivity (Wildman–Crippen MR) is 107 cm³/mol. The molecule has 10 heteroatoms. The second-order valence-corrected chi connectivity index (χ2v) is 7.88. The van der Waals surface area contributed by atoms with Crippen LogP contribution in [0.2, 0.25) is 0 Å². The van der Waals surface area contributed by atoms with Gasteiger partial charge in [0.05, 0.1) is 14.2 Å². The molecule has 0 unspecified atom stereocenters. The minimum absolute atomic E-state index is 0.125. The Hall–Kier alpha value is -2.88. The molecule has 5 nitrogen and oxygen atoms in total. The summed E-state index contributed by atoms with van der Waals surface area (Å²) in [5, 5.41) is 0. The van der Waals surface area contributed by atoms with Crippen molar-refractivity contribution in [3.8, 4) is 11.5 Å². The topological polar surface area (TPSA) is 54.0 Å². The van der Waals surface area contributed by atoms with Crippen LogP contribution >= 0.6 is 0 Å². The summed E-state index contributed by atoms with van der Waals surface area (Å²) >= 11 is 0. The molecule has 1 fully saturated rings. The number of halogens is 5. The van der Waals surface area contributed by atoms with Crippen molar-refractivity contribution in [2.24, 2.45) is 5.92 Å². The van der Waals surface area contributed by atoms with Gasteiger partial charge in [-0.25, -0.2) is 4.79 Å². The molecule has 1 saturated heterocycles. The summed E-state index contributed by atoms with van der Waals surface area (Å²) in [6.07, 6.45) is -6.59. The summed E-state index contributed by atoms with van der Waals surface area (Å²) in [5.41, 5.74) is -2.29. The number of esters is 1. The molecule has 1 aliphatic heterocycles. The smallest absolute Gasteiger partial charge is 0.417 e. The van der Waals surface area contributed by atoms with E-state index >= 15 is 0 Å². The van der Waals surface area contributed by atoms with Crippen LogP contribution in [0.15, 0.2) is 36.4 Å². The molecule has 2 aromatic carbocycles. The lowest BCUT2D eigenvalue weighted by molar-refractivity contribution is -0.274. The maximum absolute atomic E-state index is 14.9.